The molecule has 2 aliphatic carbocycles. The predicted octanol–water partition coefficient (Wildman–Crippen LogP) is 9.47. The van der Waals surface area contributed by atoms with Crippen LogP contribution >= 0.6 is 0 Å². The number of nitrogens with zero attached hydrogens (tertiary/aromatic N) is 6. The van der Waals surface area contributed by atoms with E-state index in [0.717, 1.165) is 40.9 Å². The van der Waals surface area contributed by atoms with Gasteiger partial charge in [0.1, 0.15) is 0 Å². The molecule has 1 aromatic heterocycles. The highest BCUT2D eigenvalue weighted by Crippen LogP contribution is 2.45. The van der Waals surface area contributed by atoms with E-state index in [1.807, 2.05) is 72.9 Å². The van der Waals surface area contributed by atoms with E-state index in [-0.39, 0.29) is 12.0 Å². The van der Waals surface area contributed by atoms with Crippen LogP contribution < -0.4 is 5.01 Å². The van der Waals surface area contributed by atoms with Crippen molar-refractivity contribution in [1.82, 2.24) is 9.58 Å². The highest BCUT2D eigenvalue weighted by molar-refractivity contribution is 5.93. The quantitative estimate of drug-likeness (QED) is 0.129. The Morgan fingerprint density at radius 1 is 0.902 bits per heavy atom. The molecule has 2 unspecified atom stereocenters. The van der Waals surface area contributed by atoms with E-state index in [4.69, 9.17) is 0 Å². The average molecular weight is 659 g/mol. The number of allylic oxidation sites excluding steroid dienone is 6. The molecule has 8 rings (SSSR count). The number of hydrazine groups is 1. The van der Waals surface area contributed by atoms with E-state index in [2.05, 4.69) is 107 Å². The Labute approximate surface area is 298 Å². The van der Waals surface area contributed by atoms with E-state index in [1.54, 1.807) is 0 Å². The molecule has 6 heteroatoms. The molecular weight excluding hydrogens is 625 g/mol. The molecule has 0 amide bonds. The number of anilines is 1. The van der Waals surface area contributed by atoms with Gasteiger partial charge in [-0.25, -0.2) is 0 Å². The van der Waals surface area contributed by atoms with Gasteiger partial charge in [-0.15, -0.1) is 0 Å². The second-order valence-corrected chi connectivity index (χ2v) is 13.0. The Hall–Kier alpha value is -6.81. The maximum atomic E-state index is 10.1. The van der Waals surface area contributed by atoms with Crippen LogP contribution in [0.4, 0.5) is 5.69 Å². The number of benzene rings is 4. The number of fused-ring (bicyclic) bond motifs is 6. The first-order valence-corrected chi connectivity index (χ1v) is 17.2. The van der Waals surface area contributed by atoms with Gasteiger partial charge in [-0.3, -0.25) is 10.0 Å². The largest absolute Gasteiger partial charge is 0.313 e. The van der Waals surface area contributed by atoms with Crippen LogP contribution in [0.2, 0.25) is 0 Å². The lowest BCUT2D eigenvalue weighted by atomic mass is 9.89. The van der Waals surface area contributed by atoms with Crippen molar-refractivity contribution in [2.45, 2.75) is 31.2 Å². The lowest BCUT2D eigenvalue weighted by Gasteiger charge is -2.35. The van der Waals surface area contributed by atoms with E-state index < -0.39 is 0 Å². The zero-order valence-corrected chi connectivity index (χ0v) is 28.2. The monoisotopic (exact) mass is 658 g/mol. The normalized spacial score (nSPS) is 17.3. The standard InChI is InChI=1S/C45H34N6/c1-49(51-43-16-7-4-13-39(43)40-27-32(29-47)18-24-44(40)51)26-25-31(28-46)17-19-33-9-8-10-35(30-48)45(33)34-20-22-36(23-21-34)50-41-14-5-2-11-37(41)38-12-3-6-15-42(38)50/h2-5,7-14,16-18,20-27,40,44H,6,15,19H2,1H3/b26-25-,31-17+. The van der Waals surface area contributed by atoms with Crippen molar-refractivity contribution in [2.75, 3.05) is 12.1 Å². The third kappa shape index (κ3) is 5.52. The maximum absolute atomic E-state index is 10.1. The molecule has 0 fully saturated rings. The Kier molecular flexibility index (Phi) is 8.17. The van der Waals surface area contributed by atoms with Crippen LogP contribution in [-0.4, -0.2) is 22.7 Å². The fourth-order valence-corrected chi connectivity index (χ4v) is 7.85. The highest BCUT2D eigenvalue weighted by Gasteiger charge is 2.38. The van der Waals surface area contributed by atoms with Gasteiger partial charge >= 0.3 is 0 Å². The molecule has 51 heavy (non-hydrogen) atoms. The second-order valence-electron chi connectivity index (χ2n) is 13.0. The molecule has 0 saturated heterocycles. The minimum absolute atomic E-state index is 0.0322. The molecule has 2 heterocycles. The highest BCUT2D eigenvalue weighted by atomic mass is 15.6. The first-order valence-electron chi connectivity index (χ1n) is 17.2. The zero-order chi connectivity index (χ0) is 34.9. The minimum Gasteiger partial charge on any atom is -0.313 e. The van der Waals surface area contributed by atoms with Gasteiger partial charge in [0.2, 0.25) is 0 Å². The summed E-state index contributed by atoms with van der Waals surface area (Å²) >= 11 is 0. The fraction of sp³-hybridized carbons (Fsp3) is 0.133. The van der Waals surface area contributed by atoms with Gasteiger partial charge in [-0.1, -0.05) is 91.0 Å². The molecule has 6 nitrogen and oxygen atoms in total. The van der Waals surface area contributed by atoms with E-state index >= 15 is 0 Å². The van der Waals surface area contributed by atoms with Gasteiger partial charge in [0.25, 0.3) is 0 Å². The molecule has 244 valence electrons. The molecule has 5 aromatic rings. The topological polar surface area (TPSA) is 82.8 Å². The van der Waals surface area contributed by atoms with Crippen LogP contribution in [0.15, 0.2) is 145 Å². The van der Waals surface area contributed by atoms with Crippen molar-refractivity contribution in [1.29, 1.82) is 15.8 Å². The summed E-state index contributed by atoms with van der Waals surface area (Å²) in [7, 11) is 1.98. The summed E-state index contributed by atoms with van der Waals surface area (Å²) < 4.78 is 2.37. The third-order valence-electron chi connectivity index (χ3n) is 10.2. The van der Waals surface area contributed by atoms with Crippen LogP contribution in [0.3, 0.4) is 0 Å². The van der Waals surface area contributed by atoms with Crippen molar-refractivity contribution < 1.29 is 0 Å². The van der Waals surface area contributed by atoms with Crippen molar-refractivity contribution in [2.24, 2.45) is 0 Å². The van der Waals surface area contributed by atoms with Crippen LogP contribution in [-0.2, 0) is 12.8 Å². The summed E-state index contributed by atoms with van der Waals surface area (Å²) in [4.78, 5) is 0. The fourth-order valence-electron chi connectivity index (χ4n) is 7.85. The smallest absolute Gasteiger partial charge is 0.0998 e. The van der Waals surface area contributed by atoms with Crippen LogP contribution in [0.1, 0.15) is 40.3 Å². The molecule has 1 aliphatic heterocycles. The number of hydrogen-bond acceptors (Lipinski definition) is 5. The minimum atomic E-state index is 0.0322. The molecule has 0 spiro atoms. The molecule has 0 N–H and O–H groups in total. The summed E-state index contributed by atoms with van der Waals surface area (Å²) in [6.45, 7) is 0. The summed E-state index contributed by atoms with van der Waals surface area (Å²) in [6.07, 6.45) is 18.7. The van der Waals surface area contributed by atoms with Crippen LogP contribution in [0, 0.1) is 34.0 Å². The Morgan fingerprint density at radius 2 is 1.73 bits per heavy atom. The zero-order valence-electron chi connectivity index (χ0n) is 28.2. The lowest BCUT2D eigenvalue weighted by molar-refractivity contribution is 0.387. The van der Waals surface area contributed by atoms with Crippen molar-refractivity contribution in [3.63, 3.8) is 0 Å². The van der Waals surface area contributed by atoms with Gasteiger partial charge in [0.15, 0.2) is 0 Å². The SMILES string of the molecule is CN(/C=C\C(C#N)=C/Cc1cccc(C#N)c1-c1ccc(-n2c3c(c4ccccc42)C=CCC3)cc1)N1c2ccccc2C2C=C(C#N)C=CC21. The predicted molar refractivity (Wildman–Crippen MR) is 203 cm³/mol. The van der Waals surface area contributed by atoms with Crippen molar-refractivity contribution in [3.8, 4) is 35.0 Å². The average Bonchev–Trinajstić information content (AvgIpc) is 3.70. The first-order chi connectivity index (χ1) is 25.1. The molecule has 4 aromatic carbocycles. The summed E-state index contributed by atoms with van der Waals surface area (Å²) in [5, 5.41) is 35.3. The lowest BCUT2D eigenvalue weighted by Crippen LogP contribution is -2.42. The van der Waals surface area contributed by atoms with Gasteiger partial charge in [0.05, 0.1) is 41.0 Å². The third-order valence-corrected chi connectivity index (χ3v) is 10.2. The number of para-hydroxylation sites is 2. The van der Waals surface area contributed by atoms with Gasteiger partial charge in [-0.05, 0) is 78.4 Å². The molecule has 0 radical (unpaired) electrons. The van der Waals surface area contributed by atoms with Crippen molar-refractivity contribution >= 4 is 22.7 Å². The number of hydrogen-bond donors (Lipinski definition) is 0. The Morgan fingerprint density at radius 3 is 2.55 bits per heavy atom. The van der Waals surface area contributed by atoms with E-state index in [9.17, 15) is 15.8 Å². The van der Waals surface area contributed by atoms with E-state index in [1.165, 1.54) is 27.7 Å². The summed E-state index contributed by atoms with van der Waals surface area (Å²) in [5.74, 6) is 0.0766. The summed E-state index contributed by atoms with van der Waals surface area (Å²) in [6, 6.07) is 38.2. The van der Waals surface area contributed by atoms with E-state index in [0.29, 0.717) is 23.1 Å². The number of aromatic nitrogens is 1. The van der Waals surface area contributed by atoms with Crippen molar-refractivity contribution in [3.05, 3.63) is 173 Å². The Bertz CT molecular complexity index is 2470. The maximum Gasteiger partial charge on any atom is 0.0998 e. The van der Waals surface area contributed by atoms with Crippen LogP contribution in [0.25, 0.3) is 33.8 Å². The number of rotatable bonds is 7. The molecular formula is C45H34N6. The molecule has 0 saturated carbocycles. The summed E-state index contributed by atoms with van der Waals surface area (Å²) in [5.41, 5.74) is 11.8. The van der Waals surface area contributed by atoms with Crippen LogP contribution in [0.5, 0.6) is 0 Å². The van der Waals surface area contributed by atoms with Gasteiger partial charge in [-0.2, -0.15) is 15.8 Å². The molecule has 0 bridgehead atoms. The molecule has 2 atom stereocenters. The number of nitriles is 3. The molecule has 3 aliphatic rings. The Balaban J connectivity index is 1.07. The second kappa shape index (κ2) is 13.2. The van der Waals surface area contributed by atoms with Gasteiger partial charge in [0, 0.05) is 58.2 Å². The van der Waals surface area contributed by atoms with Gasteiger partial charge < -0.3 is 4.57 Å². The first kappa shape index (κ1) is 31.5.